The smallest absolute Gasteiger partial charge is 0.338 e. The summed E-state index contributed by atoms with van der Waals surface area (Å²) >= 11 is 0. The Hall–Kier alpha value is -1.57. The van der Waals surface area contributed by atoms with Gasteiger partial charge in [0.25, 0.3) is 5.91 Å². The monoisotopic (exact) mass is 334 g/mol. The van der Waals surface area contributed by atoms with Crippen LogP contribution in [0.4, 0.5) is 13.2 Å². The molecule has 0 unspecified atom stereocenters. The quantitative estimate of drug-likeness (QED) is 0.803. The van der Waals surface area contributed by atoms with Gasteiger partial charge in [0.1, 0.15) is 0 Å². The van der Waals surface area contributed by atoms with Gasteiger partial charge in [-0.3, -0.25) is 14.4 Å². The van der Waals surface area contributed by atoms with Crippen molar-refractivity contribution >= 4 is 5.91 Å². The van der Waals surface area contributed by atoms with Crippen molar-refractivity contribution in [1.29, 1.82) is 0 Å². The number of carbonyl (C=O) groups excluding carboxylic acids is 1. The number of likely N-dealkylation sites (N-methyl/N-ethyl adjacent to an activating group) is 2. The van der Waals surface area contributed by atoms with Crippen LogP contribution in [-0.2, 0) is 5.54 Å². The number of hydrogen-bond acceptors (Lipinski definition) is 3. The predicted molar refractivity (Wildman–Crippen MR) is 82.4 cm³/mol. The molecular weight excluding hydrogens is 309 g/mol. The minimum absolute atomic E-state index is 0.159. The lowest BCUT2D eigenvalue weighted by Gasteiger charge is -2.25. The molecule has 0 saturated heterocycles. The lowest BCUT2D eigenvalue weighted by molar-refractivity contribution is -0.143. The van der Waals surface area contributed by atoms with Gasteiger partial charge in [-0.2, -0.15) is 18.3 Å². The van der Waals surface area contributed by atoms with E-state index in [1.807, 2.05) is 20.8 Å². The van der Waals surface area contributed by atoms with E-state index in [1.165, 1.54) is 18.1 Å². The summed E-state index contributed by atoms with van der Waals surface area (Å²) in [5.41, 5.74) is 0.211. The van der Waals surface area contributed by atoms with E-state index in [1.54, 1.807) is 17.8 Å². The first kappa shape index (κ1) is 19.5. The second kappa shape index (κ2) is 7.33. The first-order chi connectivity index (χ1) is 10.4. The summed E-state index contributed by atoms with van der Waals surface area (Å²) in [7, 11) is 1.39. The van der Waals surface area contributed by atoms with Crippen LogP contribution in [-0.4, -0.2) is 64.9 Å². The highest BCUT2D eigenvalue weighted by Crippen LogP contribution is 2.16. The highest BCUT2D eigenvalue weighted by atomic mass is 19.4. The number of rotatable bonds is 6. The molecule has 1 aromatic heterocycles. The van der Waals surface area contributed by atoms with E-state index in [0.29, 0.717) is 12.1 Å². The van der Waals surface area contributed by atoms with E-state index >= 15 is 0 Å². The number of alkyl halides is 3. The topological polar surface area (TPSA) is 41.4 Å². The fourth-order valence-electron chi connectivity index (χ4n) is 2.06. The zero-order chi connectivity index (χ0) is 17.8. The fourth-order valence-corrected chi connectivity index (χ4v) is 2.06. The second-order valence-electron chi connectivity index (χ2n) is 6.58. The van der Waals surface area contributed by atoms with E-state index in [-0.39, 0.29) is 24.5 Å². The summed E-state index contributed by atoms with van der Waals surface area (Å²) in [6.07, 6.45) is -1.07. The van der Waals surface area contributed by atoms with Crippen LogP contribution in [0.5, 0.6) is 0 Å². The van der Waals surface area contributed by atoms with Gasteiger partial charge >= 0.3 is 6.18 Å². The van der Waals surface area contributed by atoms with Crippen LogP contribution in [0.1, 0.15) is 38.1 Å². The number of amides is 1. The number of aromatic nitrogens is 2. The summed E-state index contributed by atoms with van der Waals surface area (Å²) in [6, 6.07) is 0. The molecule has 132 valence electrons. The molecule has 0 atom stereocenters. The van der Waals surface area contributed by atoms with Gasteiger partial charge in [-0.05, 0) is 34.7 Å². The highest BCUT2D eigenvalue weighted by Gasteiger charge is 2.29. The molecule has 1 amide bonds. The summed E-state index contributed by atoms with van der Waals surface area (Å²) in [6.45, 7) is 7.55. The Morgan fingerprint density at radius 2 is 1.87 bits per heavy atom. The van der Waals surface area contributed by atoms with E-state index < -0.39 is 12.7 Å². The normalized spacial score (nSPS) is 12.7. The van der Waals surface area contributed by atoms with Gasteiger partial charge in [0.15, 0.2) is 0 Å². The molecular formula is C15H25F3N4O. The van der Waals surface area contributed by atoms with E-state index in [0.717, 1.165) is 4.90 Å². The lowest BCUT2D eigenvalue weighted by Crippen LogP contribution is -2.40. The zero-order valence-corrected chi connectivity index (χ0v) is 14.3. The van der Waals surface area contributed by atoms with Crippen molar-refractivity contribution in [3.63, 3.8) is 0 Å². The van der Waals surface area contributed by atoms with Crippen molar-refractivity contribution in [2.45, 2.75) is 39.4 Å². The zero-order valence-electron chi connectivity index (χ0n) is 14.3. The molecule has 1 heterocycles. The molecule has 23 heavy (non-hydrogen) atoms. The molecule has 0 aliphatic heterocycles. The molecule has 8 heteroatoms. The first-order valence-electron chi connectivity index (χ1n) is 7.53. The Kier molecular flexibility index (Phi) is 6.21. The second-order valence-corrected chi connectivity index (χ2v) is 6.58. The Morgan fingerprint density at radius 1 is 1.26 bits per heavy atom. The lowest BCUT2D eigenvalue weighted by atomic mass is 10.1. The van der Waals surface area contributed by atoms with Crippen LogP contribution in [0.3, 0.4) is 0 Å². The minimum atomic E-state index is -4.23. The first-order valence-corrected chi connectivity index (χ1v) is 7.53. The van der Waals surface area contributed by atoms with Crippen LogP contribution >= 0.6 is 0 Å². The SMILES string of the molecule is CCN(CCN(C)CC(F)(F)F)C(=O)c1cnn(C(C)(C)C)c1. The molecule has 0 fully saturated rings. The molecule has 0 radical (unpaired) electrons. The van der Waals surface area contributed by atoms with Gasteiger partial charge in [0, 0.05) is 25.8 Å². The van der Waals surface area contributed by atoms with Crippen LogP contribution in [0.2, 0.25) is 0 Å². The number of carbonyl (C=O) groups is 1. The van der Waals surface area contributed by atoms with Crippen LogP contribution < -0.4 is 0 Å². The molecule has 0 bridgehead atoms. The van der Waals surface area contributed by atoms with E-state index in [9.17, 15) is 18.0 Å². The van der Waals surface area contributed by atoms with Gasteiger partial charge in [-0.25, -0.2) is 0 Å². The highest BCUT2D eigenvalue weighted by molar-refractivity contribution is 5.93. The van der Waals surface area contributed by atoms with Gasteiger partial charge in [-0.15, -0.1) is 0 Å². The van der Waals surface area contributed by atoms with Crippen molar-refractivity contribution in [2.24, 2.45) is 0 Å². The minimum Gasteiger partial charge on any atom is -0.338 e. The molecule has 1 aromatic rings. The third-order valence-corrected chi connectivity index (χ3v) is 3.39. The Bertz CT molecular complexity index is 520. The molecule has 0 spiro atoms. The Morgan fingerprint density at radius 3 is 2.30 bits per heavy atom. The molecule has 0 aliphatic carbocycles. The fraction of sp³-hybridized carbons (Fsp3) is 0.733. The summed E-state index contributed by atoms with van der Waals surface area (Å²) < 4.78 is 38.6. The summed E-state index contributed by atoms with van der Waals surface area (Å²) in [4.78, 5) is 15.1. The molecule has 0 aromatic carbocycles. The van der Waals surface area contributed by atoms with Gasteiger partial charge in [0.05, 0.1) is 23.8 Å². The standard InChI is InChI=1S/C15H25F3N4O/c1-6-21(8-7-20(5)11-15(16,17)18)13(23)12-9-19-22(10-12)14(2,3)4/h9-10H,6-8,11H2,1-5H3. The number of nitrogens with zero attached hydrogens (tertiary/aromatic N) is 4. The van der Waals surface area contributed by atoms with Crippen molar-refractivity contribution < 1.29 is 18.0 Å². The average Bonchev–Trinajstić information content (AvgIpc) is 2.86. The third kappa shape index (κ3) is 6.21. The maximum Gasteiger partial charge on any atom is 0.401 e. The van der Waals surface area contributed by atoms with Gasteiger partial charge in [-0.1, -0.05) is 0 Å². The summed E-state index contributed by atoms with van der Waals surface area (Å²) in [5, 5.41) is 4.18. The van der Waals surface area contributed by atoms with Crippen LogP contribution in [0.25, 0.3) is 0 Å². The maximum atomic E-state index is 12.4. The van der Waals surface area contributed by atoms with Crippen LogP contribution in [0, 0.1) is 0 Å². The summed E-state index contributed by atoms with van der Waals surface area (Å²) in [5.74, 6) is -0.219. The number of halogens is 3. The Balaban J connectivity index is 2.67. The van der Waals surface area contributed by atoms with E-state index in [4.69, 9.17) is 0 Å². The predicted octanol–water partition coefficient (Wildman–Crippen LogP) is 2.59. The molecule has 0 saturated carbocycles. The molecule has 0 aliphatic rings. The van der Waals surface area contributed by atoms with E-state index in [2.05, 4.69) is 5.10 Å². The van der Waals surface area contributed by atoms with Crippen molar-refractivity contribution in [2.75, 3.05) is 33.2 Å². The van der Waals surface area contributed by atoms with Crippen molar-refractivity contribution in [3.8, 4) is 0 Å². The molecule has 0 N–H and O–H groups in total. The van der Waals surface area contributed by atoms with Gasteiger partial charge < -0.3 is 4.90 Å². The largest absolute Gasteiger partial charge is 0.401 e. The van der Waals surface area contributed by atoms with Crippen molar-refractivity contribution in [3.05, 3.63) is 18.0 Å². The Labute approximate surface area is 135 Å². The number of hydrogen-bond donors (Lipinski definition) is 0. The third-order valence-electron chi connectivity index (χ3n) is 3.39. The molecule has 5 nitrogen and oxygen atoms in total. The van der Waals surface area contributed by atoms with Crippen LogP contribution in [0.15, 0.2) is 12.4 Å². The van der Waals surface area contributed by atoms with Crippen molar-refractivity contribution in [1.82, 2.24) is 19.6 Å². The molecule has 1 rings (SSSR count). The maximum absolute atomic E-state index is 12.4. The average molecular weight is 334 g/mol. The van der Waals surface area contributed by atoms with Gasteiger partial charge in [0.2, 0.25) is 0 Å².